The second-order valence-electron chi connectivity index (χ2n) is 8.28. The first-order valence-electron chi connectivity index (χ1n) is 10.4. The standard InChI is InChI=1S/C21H28N4O2S.ClH/c1-13-19-15(4-3-5-16(19)25(2)24-13)23-20(26)18-12-14-17(28-18)6-11-27-21(14)7-9-22-10-8-21;/h12,15,22H,3-11H2,1-2H3,(H,23,26);1H. The van der Waals surface area contributed by atoms with Crippen molar-refractivity contribution in [2.24, 2.45) is 7.05 Å². The average molecular weight is 437 g/mol. The minimum absolute atomic E-state index is 0. The summed E-state index contributed by atoms with van der Waals surface area (Å²) < 4.78 is 8.24. The van der Waals surface area contributed by atoms with Gasteiger partial charge in [-0.1, -0.05) is 0 Å². The predicted molar refractivity (Wildman–Crippen MR) is 116 cm³/mol. The summed E-state index contributed by atoms with van der Waals surface area (Å²) in [5.74, 6) is 0.0459. The molecule has 0 saturated carbocycles. The van der Waals surface area contributed by atoms with Gasteiger partial charge in [0.25, 0.3) is 5.91 Å². The Morgan fingerprint density at radius 3 is 2.97 bits per heavy atom. The van der Waals surface area contributed by atoms with Gasteiger partial charge >= 0.3 is 0 Å². The monoisotopic (exact) mass is 436 g/mol. The third kappa shape index (κ3) is 3.52. The molecule has 29 heavy (non-hydrogen) atoms. The number of fused-ring (bicyclic) bond motifs is 3. The molecule has 3 aliphatic rings. The Bertz CT molecular complexity index is 916. The van der Waals surface area contributed by atoms with E-state index in [-0.39, 0.29) is 30.0 Å². The molecule has 2 aliphatic heterocycles. The number of piperidine rings is 1. The number of aryl methyl sites for hydroxylation is 2. The molecule has 0 aromatic carbocycles. The molecule has 1 unspecified atom stereocenters. The van der Waals surface area contributed by atoms with Gasteiger partial charge in [-0.3, -0.25) is 9.48 Å². The van der Waals surface area contributed by atoms with Crippen molar-refractivity contribution >= 4 is 29.7 Å². The van der Waals surface area contributed by atoms with Crippen LogP contribution in [0.5, 0.6) is 0 Å². The zero-order valence-electron chi connectivity index (χ0n) is 17.0. The molecule has 0 bridgehead atoms. The van der Waals surface area contributed by atoms with E-state index in [9.17, 15) is 4.79 Å². The molecule has 5 rings (SSSR count). The van der Waals surface area contributed by atoms with E-state index < -0.39 is 0 Å². The molecule has 8 heteroatoms. The van der Waals surface area contributed by atoms with Crippen LogP contribution >= 0.6 is 23.7 Å². The molecule has 1 aliphatic carbocycles. The SMILES string of the molecule is Cc1nn(C)c2c1C(NC(=O)c1cc3c(s1)CCOC31CCNCC1)CCC2.Cl. The van der Waals surface area contributed by atoms with E-state index >= 15 is 0 Å². The number of nitrogens with one attached hydrogen (secondary N) is 2. The Labute approximate surface area is 181 Å². The zero-order chi connectivity index (χ0) is 19.3. The quantitative estimate of drug-likeness (QED) is 0.758. The van der Waals surface area contributed by atoms with Gasteiger partial charge in [0.2, 0.25) is 0 Å². The molecule has 0 radical (unpaired) electrons. The number of aromatic nitrogens is 2. The number of halogens is 1. The Hall–Kier alpha value is -1.41. The van der Waals surface area contributed by atoms with Crippen molar-refractivity contribution in [3.63, 3.8) is 0 Å². The van der Waals surface area contributed by atoms with Crippen LogP contribution in [0.4, 0.5) is 0 Å². The molecule has 2 aromatic heterocycles. The Morgan fingerprint density at radius 2 is 2.17 bits per heavy atom. The van der Waals surface area contributed by atoms with Crippen molar-refractivity contribution in [3.8, 4) is 0 Å². The first kappa shape index (κ1) is 20.8. The fourth-order valence-electron chi connectivity index (χ4n) is 5.24. The summed E-state index contributed by atoms with van der Waals surface area (Å²) in [6, 6.07) is 2.17. The zero-order valence-corrected chi connectivity index (χ0v) is 18.7. The van der Waals surface area contributed by atoms with E-state index in [0.29, 0.717) is 0 Å². The van der Waals surface area contributed by atoms with Crippen LogP contribution in [-0.4, -0.2) is 35.4 Å². The summed E-state index contributed by atoms with van der Waals surface area (Å²) in [5.41, 5.74) is 4.60. The van der Waals surface area contributed by atoms with Crippen LogP contribution in [0.3, 0.4) is 0 Å². The first-order chi connectivity index (χ1) is 13.6. The minimum atomic E-state index is -0.189. The van der Waals surface area contributed by atoms with Gasteiger partial charge in [-0.25, -0.2) is 0 Å². The number of carbonyl (C=O) groups is 1. The number of nitrogens with zero attached hydrogens (tertiary/aromatic N) is 2. The topological polar surface area (TPSA) is 68.2 Å². The molecule has 6 nitrogen and oxygen atoms in total. The number of thiophene rings is 1. The maximum atomic E-state index is 13.1. The van der Waals surface area contributed by atoms with Gasteiger partial charge in [-0.2, -0.15) is 5.10 Å². The third-order valence-corrected chi connectivity index (χ3v) is 7.79. The van der Waals surface area contributed by atoms with Crippen LogP contribution in [0, 0.1) is 6.92 Å². The van der Waals surface area contributed by atoms with Gasteiger partial charge < -0.3 is 15.4 Å². The van der Waals surface area contributed by atoms with Crippen LogP contribution < -0.4 is 10.6 Å². The Morgan fingerprint density at radius 1 is 1.38 bits per heavy atom. The van der Waals surface area contributed by atoms with Gasteiger partial charge in [0.15, 0.2) is 0 Å². The molecular formula is C21H29ClN4O2S. The maximum absolute atomic E-state index is 13.1. The third-order valence-electron chi connectivity index (χ3n) is 6.59. The summed E-state index contributed by atoms with van der Waals surface area (Å²) in [6.07, 6.45) is 5.99. The van der Waals surface area contributed by atoms with Crippen LogP contribution in [0.15, 0.2) is 6.07 Å². The number of hydrogen-bond acceptors (Lipinski definition) is 5. The van der Waals surface area contributed by atoms with E-state index in [1.54, 1.807) is 11.3 Å². The highest BCUT2D eigenvalue weighted by atomic mass is 35.5. The van der Waals surface area contributed by atoms with E-state index in [1.807, 2.05) is 18.7 Å². The number of amides is 1. The van der Waals surface area contributed by atoms with Gasteiger partial charge in [-0.15, -0.1) is 23.7 Å². The number of hydrogen-bond donors (Lipinski definition) is 2. The second kappa shape index (κ2) is 8.02. The highest BCUT2D eigenvalue weighted by Gasteiger charge is 2.41. The number of rotatable bonds is 2. The molecule has 1 spiro atoms. The van der Waals surface area contributed by atoms with Gasteiger partial charge in [-0.05, 0) is 63.7 Å². The largest absolute Gasteiger partial charge is 0.370 e. The van der Waals surface area contributed by atoms with Crippen molar-refractivity contribution in [2.75, 3.05) is 19.7 Å². The molecular weight excluding hydrogens is 408 g/mol. The summed E-state index contributed by atoms with van der Waals surface area (Å²) in [4.78, 5) is 15.3. The molecule has 1 fully saturated rings. The lowest BCUT2D eigenvalue weighted by molar-refractivity contribution is -0.0792. The van der Waals surface area contributed by atoms with Crippen molar-refractivity contribution in [3.05, 3.63) is 38.3 Å². The van der Waals surface area contributed by atoms with Crippen molar-refractivity contribution in [1.82, 2.24) is 20.4 Å². The molecule has 1 atom stereocenters. The Balaban J connectivity index is 0.00000205. The van der Waals surface area contributed by atoms with E-state index in [1.165, 1.54) is 21.7 Å². The van der Waals surface area contributed by atoms with Crippen molar-refractivity contribution < 1.29 is 9.53 Å². The van der Waals surface area contributed by atoms with Crippen LogP contribution in [0.25, 0.3) is 0 Å². The summed E-state index contributed by atoms with van der Waals surface area (Å²) in [7, 11) is 2.00. The summed E-state index contributed by atoms with van der Waals surface area (Å²) in [5, 5.41) is 11.3. The lowest BCUT2D eigenvalue weighted by Crippen LogP contribution is -2.44. The lowest BCUT2D eigenvalue weighted by atomic mass is 9.83. The molecule has 1 amide bonds. The van der Waals surface area contributed by atoms with Gasteiger partial charge in [0, 0.05) is 29.6 Å². The summed E-state index contributed by atoms with van der Waals surface area (Å²) >= 11 is 1.66. The number of ether oxygens (including phenoxy) is 1. The van der Waals surface area contributed by atoms with E-state index in [4.69, 9.17) is 4.74 Å². The van der Waals surface area contributed by atoms with Gasteiger partial charge in [0.05, 0.1) is 28.8 Å². The van der Waals surface area contributed by atoms with Crippen molar-refractivity contribution in [2.45, 2.75) is 57.1 Å². The highest BCUT2D eigenvalue weighted by molar-refractivity contribution is 7.14. The smallest absolute Gasteiger partial charge is 0.261 e. The molecule has 2 N–H and O–H groups in total. The van der Waals surface area contributed by atoms with E-state index in [0.717, 1.165) is 68.8 Å². The highest BCUT2D eigenvalue weighted by Crippen LogP contribution is 2.43. The number of carbonyl (C=O) groups excluding carboxylic acids is 1. The molecule has 2 aromatic rings. The van der Waals surface area contributed by atoms with Gasteiger partial charge in [0.1, 0.15) is 0 Å². The van der Waals surface area contributed by atoms with Crippen LogP contribution in [0.2, 0.25) is 0 Å². The summed E-state index contributed by atoms with van der Waals surface area (Å²) in [6.45, 7) is 4.75. The fraction of sp³-hybridized carbons (Fsp3) is 0.619. The average Bonchev–Trinajstić information content (AvgIpc) is 3.26. The lowest BCUT2D eigenvalue weighted by Gasteiger charge is -2.40. The van der Waals surface area contributed by atoms with E-state index in [2.05, 4.69) is 21.8 Å². The second-order valence-corrected chi connectivity index (χ2v) is 9.41. The van der Waals surface area contributed by atoms with Crippen LogP contribution in [0.1, 0.15) is 68.8 Å². The van der Waals surface area contributed by atoms with Crippen LogP contribution in [-0.2, 0) is 30.2 Å². The normalized spacial score (nSPS) is 22.5. The maximum Gasteiger partial charge on any atom is 0.261 e. The molecule has 1 saturated heterocycles. The predicted octanol–water partition coefficient (Wildman–Crippen LogP) is 3.17. The first-order valence-corrected chi connectivity index (χ1v) is 11.2. The van der Waals surface area contributed by atoms with Crippen molar-refractivity contribution in [1.29, 1.82) is 0 Å². The molecule has 4 heterocycles. The fourth-order valence-corrected chi connectivity index (χ4v) is 6.37. The Kier molecular flexibility index (Phi) is 5.77. The molecule has 158 valence electrons. The minimum Gasteiger partial charge on any atom is -0.370 e.